The van der Waals surface area contributed by atoms with Crippen LogP contribution in [0.2, 0.25) is 0 Å². The van der Waals surface area contributed by atoms with Gasteiger partial charge < -0.3 is 0 Å². The third kappa shape index (κ3) is 2.38. The van der Waals surface area contributed by atoms with E-state index in [0.717, 1.165) is 11.3 Å². The number of nitrogens with zero attached hydrogens (tertiary/aromatic N) is 1. The van der Waals surface area contributed by atoms with Crippen LogP contribution in [0.25, 0.3) is 6.08 Å². The van der Waals surface area contributed by atoms with Gasteiger partial charge in [0.15, 0.2) is 0 Å². The molecule has 1 aromatic rings. The molecule has 0 aliphatic carbocycles. The van der Waals surface area contributed by atoms with Gasteiger partial charge >= 0.3 is 0 Å². The van der Waals surface area contributed by atoms with E-state index in [2.05, 4.69) is 11.6 Å². The van der Waals surface area contributed by atoms with Gasteiger partial charge in [-0.2, -0.15) is 0 Å². The van der Waals surface area contributed by atoms with Crippen LogP contribution in [0, 0.1) is 6.92 Å². The van der Waals surface area contributed by atoms with Crippen LogP contribution >= 0.6 is 0 Å². The van der Waals surface area contributed by atoms with Gasteiger partial charge in [-0.1, -0.05) is 30.9 Å². The van der Waals surface area contributed by atoms with Crippen molar-refractivity contribution in [3.05, 3.63) is 48.3 Å². The first-order valence-electron chi connectivity index (χ1n) is 3.54. The highest BCUT2D eigenvalue weighted by Crippen LogP contribution is 2.00. The van der Waals surface area contributed by atoms with Gasteiger partial charge in [0.05, 0.1) is 0 Å². The topological polar surface area (TPSA) is 12.9 Å². The lowest BCUT2D eigenvalue weighted by atomic mass is 10.2. The van der Waals surface area contributed by atoms with Gasteiger partial charge in [-0.05, 0) is 18.6 Å². The van der Waals surface area contributed by atoms with Gasteiger partial charge in [0, 0.05) is 11.9 Å². The Labute approximate surface area is 67.1 Å². The predicted octanol–water partition coefficient (Wildman–Crippen LogP) is 2.59. The minimum absolute atomic E-state index is 1.04. The lowest BCUT2D eigenvalue weighted by Crippen LogP contribution is -1.79. The Morgan fingerprint density at radius 2 is 2.27 bits per heavy atom. The normalized spacial score (nSPS) is 10.3. The highest BCUT2D eigenvalue weighted by molar-refractivity contribution is 5.49. The van der Waals surface area contributed by atoms with E-state index in [0.29, 0.717) is 0 Å². The highest BCUT2D eigenvalue weighted by atomic mass is 14.6. The van der Waals surface area contributed by atoms with E-state index in [-0.39, 0.29) is 0 Å². The lowest BCUT2D eigenvalue weighted by molar-refractivity contribution is 1.19. The number of rotatable bonds is 2. The molecule has 0 atom stereocenters. The van der Waals surface area contributed by atoms with E-state index < -0.39 is 0 Å². The summed E-state index contributed by atoms with van der Waals surface area (Å²) in [5, 5.41) is 0. The van der Waals surface area contributed by atoms with Gasteiger partial charge in [0.1, 0.15) is 0 Å². The van der Waals surface area contributed by atoms with E-state index in [9.17, 15) is 0 Å². The summed E-state index contributed by atoms with van der Waals surface area (Å²) in [5.41, 5.74) is 2.15. The zero-order valence-corrected chi connectivity index (χ0v) is 6.62. The second-order valence-electron chi connectivity index (χ2n) is 2.33. The zero-order valence-electron chi connectivity index (χ0n) is 6.62. The van der Waals surface area contributed by atoms with Gasteiger partial charge in [-0.15, -0.1) is 0 Å². The smallest absolute Gasteiger partial charge is 0.0373 e. The van der Waals surface area contributed by atoms with Gasteiger partial charge in [0.2, 0.25) is 0 Å². The van der Waals surface area contributed by atoms with Crippen molar-refractivity contribution in [3.8, 4) is 0 Å². The fraction of sp³-hybridized carbons (Fsp3) is 0.100. The minimum atomic E-state index is 1.04. The van der Waals surface area contributed by atoms with E-state index in [1.165, 1.54) is 0 Å². The van der Waals surface area contributed by atoms with Crippen molar-refractivity contribution in [3.63, 3.8) is 0 Å². The van der Waals surface area contributed by atoms with Crippen LogP contribution < -0.4 is 0 Å². The second-order valence-corrected chi connectivity index (χ2v) is 2.33. The third-order valence-corrected chi connectivity index (χ3v) is 1.36. The number of aromatic nitrogens is 1. The maximum Gasteiger partial charge on any atom is 0.0373 e. The Morgan fingerprint density at radius 1 is 1.45 bits per heavy atom. The summed E-state index contributed by atoms with van der Waals surface area (Å²) in [6.45, 7) is 5.56. The van der Waals surface area contributed by atoms with Gasteiger partial charge in [-0.25, -0.2) is 0 Å². The molecule has 0 unspecified atom stereocenters. The number of aryl methyl sites for hydroxylation is 1. The van der Waals surface area contributed by atoms with Crippen molar-refractivity contribution < 1.29 is 0 Å². The molecule has 0 N–H and O–H groups in total. The predicted molar refractivity (Wildman–Crippen MR) is 48.2 cm³/mol. The maximum atomic E-state index is 4.15. The van der Waals surface area contributed by atoms with Crippen molar-refractivity contribution in [1.29, 1.82) is 0 Å². The summed E-state index contributed by atoms with van der Waals surface area (Å²) in [6.07, 6.45) is 7.46. The first-order chi connectivity index (χ1) is 5.33. The molecule has 1 aromatic heterocycles. The first-order valence-corrected chi connectivity index (χ1v) is 3.54. The molecule has 0 amide bonds. The molecule has 0 saturated carbocycles. The Balaban J connectivity index is 2.81. The lowest BCUT2D eigenvalue weighted by Gasteiger charge is -1.91. The summed E-state index contributed by atoms with van der Waals surface area (Å²) < 4.78 is 0. The molecule has 0 aliphatic heterocycles. The number of hydrogen-bond acceptors (Lipinski definition) is 1. The minimum Gasteiger partial charge on any atom is -0.261 e. The monoisotopic (exact) mass is 145 g/mol. The molecular formula is C10H11N. The highest BCUT2D eigenvalue weighted by Gasteiger charge is 1.84. The summed E-state index contributed by atoms with van der Waals surface area (Å²) in [7, 11) is 0. The van der Waals surface area contributed by atoms with Crippen LogP contribution in [0.3, 0.4) is 0 Å². The van der Waals surface area contributed by atoms with E-state index in [1.807, 2.05) is 37.4 Å². The molecular weight excluding hydrogens is 134 g/mol. The molecule has 1 heteroatoms. The number of pyridine rings is 1. The molecule has 0 aliphatic rings. The first kappa shape index (κ1) is 7.73. The zero-order chi connectivity index (χ0) is 8.10. The largest absolute Gasteiger partial charge is 0.261 e. The van der Waals surface area contributed by atoms with Crippen molar-refractivity contribution in [1.82, 2.24) is 4.98 Å². The molecule has 1 nitrogen and oxygen atoms in total. The molecule has 0 radical (unpaired) electrons. The Kier molecular flexibility index (Phi) is 2.61. The van der Waals surface area contributed by atoms with Crippen LogP contribution in [-0.2, 0) is 0 Å². The number of hydrogen-bond donors (Lipinski definition) is 0. The van der Waals surface area contributed by atoms with Crippen LogP contribution in [0.1, 0.15) is 11.3 Å². The van der Waals surface area contributed by atoms with Crippen LogP contribution in [0.5, 0.6) is 0 Å². The molecule has 0 fully saturated rings. The Hall–Kier alpha value is -1.37. The third-order valence-electron chi connectivity index (χ3n) is 1.36. The van der Waals surface area contributed by atoms with Gasteiger partial charge in [0.25, 0.3) is 0 Å². The van der Waals surface area contributed by atoms with Crippen LogP contribution in [0.4, 0.5) is 0 Å². The fourth-order valence-corrected chi connectivity index (χ4v) is 0.757. The molecule has 56 valence electrons. The van der Waals surface area contributed by atoms with Crippen molar-refractivity contribution >= 4 is 6.08 Å². The van der Waals surface area contributed by atoms with E-state index in [1.54, 1.807) is 6.08 Å². The molecule has 0 aromatic carbocycles. The molecule has 11 heavy (non-hydrogen) atoms. The van der Waals surface area contributed by atoms with Crippen molar-refractivity contribution in [2.75, 3.05) is 0 Å². The second kappa shape index (κ2) is 3.71. The average molecular weight is 145 g/mol. The van der Waals surface area contributed by atoms with Crippen LogP contribution in [0.15, 0.2) is 37.1 Å². The van der Waals surface area contributed by atoms with Crippen molar-refractivity contribution in [2.45, 2.75) is 6.92 Å². The molecule has 1 heterocycles. The Morgan fingerprint density at radius 3 is 2.82 bits per heavy atom. The molecule has 0 saturated heterocycles. The molecule has 0 bridgehead atoms. The maximum absolute atomic E-state index is 4.15. The van der Waals surface area contributed by atoms with Crippen molar-refractivity contribution in [2.24, 2.45) is 0 Å². The average Bonchev–Trinajstić information content (AvgIpc) is 2.04. The standard InChI is InChI=1S/C10H11N/c1-3-4-5-10-7-6-9(2)11-8-10/h3-8H,1H2,2H3. The summed E-state index contributed by atoms with van der Waals surface area (Å²) in [5.74, 6) is 0. The molecule has 1 rings (SSSR count). The quantitative estimate of drug-likeness (QED) is 0.583. The SMILES string of the molecule is C=CC=Cc1ccc(C)nc1. The van der Waals surface area contributed by atoms with Crippen LogP contribution in [-0.4, -0.2) is 4.98 Å². The summed E-state index contributed by atoms with van der Waals surface area (Å²) in [6, 6.07) is 4.02. The Bertz CT molecular complexity index is 257. The van der Waals surface area contributed by atoms with E-state index in [4.69, 9.17) is 0 Å². The fourth-order valence-electron chi connectivity index (χ4n) is 0.757. The summed E-state index contributed by atoms with van der Waals surface area (Å²) >= 11 is 0. The molecule has 0 spiro atoms. The number of allylic oxidation sites excluding steroid dienone is 2. The summed E-state index contributed by atoms with van der Waals surface area (Å²) in [4.78, 5) is 4.15. The van der Waals surface area contributed by atoms with E-state index >= 15 is 0 Å². The van der Waals surface area contributed by atoms with Gasteiger partial charge in [-0.3, -0.25) is 4.98 Å².